The Balaban J connectivity index is 2.09. The van der Waals surface area contributed by atoms with Crippen LogP contribution in [0.2, 0.25) is 0 Å². The Kier molecular flexibility index (Phi) is 5.78. The predicted octanol–water partition coefficient (Wildman–Crippen LogP) is 5.73. The lowest BCUT2D eigenvalue weighted by Crippen LogP contribution is -2.38. The number of hydrogen-bond acceptors (Lipinski definition) is 2. The maximum absolute atomic E-state index is 6.47. The number of ether oxygens (including phenoxy) is 1. The van der Waals surface area contributed by atoms with Crippen LogP contribution < -0.4 is 10.1 Å². The molecule has 0 amide bonds. The molecule has 0 aliphatic heterocycles. The maximum atomic E-state index is 6.47. The van der Waals surface area contributed by atoms with E-state index in [-0.39, 0.29) is 5.60 Å². The fraction of sp³-hybridized carbons (Fsp3) is 0.714. The van der Waals surface area contributed by atoms with Crippen molar-refractivity contribution in [2.75, 3.05) is 7.05 Å². The van der Waals surface area contributed by atoms with Crippen molar-refractivity contribution in [2.45, 2.75) is 78.4 Å². The molecule has 0 spiro atoms. The van der Waals surface area contributed by atoms with Gasteiger partial charge >= 0.3 is 0 Å². The third-order valence-electron chi connectivity index (χ3n) is 5.27. The van der Waals surface area contributed by atoms with Gasteiger partial charge in [0, 0.05) is 6.04 Å². The highest BCUT2D eigenvalue weighted by Gasteiger charge is 2.39. The molecular formula is C21H35NO. The van der Waals surface area contributed by atoms with Crippen LogP contribution in [-0.2, 0) is 0 Å². The van der Waals surface area contributed by atoms with Crippen molar-refractivity contribution in [3.05, 3.63) is 29.8 Å². The summed E-state index contributed by atoms with van der Waals surface area (Å²) in [5.74, 6) is 1.59. The van der Waals surface area contributed by atoms with Crippen LogP contribution in [-0.4, -0.2) is 12.6 Å². The van der Waals surface area contributed by atoms with Gasteiger partial charge in [-0.05, 0) is 68.2 Å². The van der Waals surface area contributed by atoms with Crippen LogP contribution in [0.4, 0.5) is 0 Å². The SMILES string of the molecule is CNC(CC(C)(C)C)c1ccc(OC2(C(C)C)CCCC2)cc1. The second-order valence-electron chi connectivity index (χ2n) is 8.70. The summed E-state index contributed by atoms with van der Waals surface area (Å²) in [4.78, 5) is 0. The lowest BCUT2D eigenvalue weighted by atomic mass is 9.85. The smallest absolute Gasteiger partial charge is 0.120 e. The average Bonchev–Trinajstić information content (AvgIpc) is 2.95. The summed E-state index contributed by atoms with van der Waals surface area (Å²) in [5, 5.41) is 3.45. The predicted molar refractivity (Wildman–Crippen MR) is 99.0 cm³/mol. The quantitative estimate of drug-likeness (QED) is 0.723. The zero-order chi connectivity index (χ0) is 17.1. The molecule has 1 aliphatic carbocycles. The Morgan fingerprint density at radius 1 is 1.09 bits per heavy atom. The van der Waals surface area contributed by atoms with Crippen LogP contribution in [0.5, 0.6) is 5.75 Å². The molecule has 1 aromatic rings. The van der Waals surface area contributed by atoms with Crippen molar-refractivity contribution < 1.29 is 4.74 Å². The summed E-state index contributed by atoms with van der Waals surface area (Å²) in [5.41, 5.74) is 1.71. The van der Waals surface area contributed by atoms with Gasteiger partial charge in [-0.1, -0.05) is 46.8 Å². The largest absolute Gasteiger partial charge is 0.487 e. The first kappa shape index (κ1) is 18.3. The molecule has 0 heterocycles. The van der Waals surface area contributed by atoms with Gasteiger partial charge in [0.15, 0.2) is 0 Å². The maximum Gasteiger partial charge on any atom is 0.120 e. The first-order chi connectivity index (χ1) is 10.8. The first-order valence-electron chi connectivity index (χ1n) is 9.22. The van der Waals surface area contributed by atoms with Gasteiger partial charge in [-0.3, -0.25) is 0 Å². The Bertz CT molecular complexity index is 478. The van der Waals surface area contributed by atoms with Crippen molar-refractivity contribution in [1.82, 2.24) is 5.32 Å². The molecule has 1 atom stereocenters. The zero-order valence-corrected chi connectivity index (χ0v) is 15.9. The highest BCUT2D eigenvalue weighted by atomic mass is 16.5. The Morgan fingerprint density at radius 2 is 1.65 bits per heavy atom. The number of rotatable bonds is 6. The van der Waals surface area contributed by atoms with E-state index in [4.69, 9.17) is 4.74 Å². The molecule has 1 unspecified atom stereocenters. The molecular weight excluding hydrogens is 282 g/mol. The normalized spacial score (nSPS) is 19.1. The molecule has 0 radical (unpaired) electrons. The summed E-state index contributed by atoms with van der Waals surface area (Å²) in [6.45, 7) is 11.5. The minimum atomic E-state index is 0.0509. The van der Waals surface area contributed by atoms with Crippen molar-refractivity contribution >= 4 is 0 Å². The van der Waals surface area contributed by atoms with E-state index in [1.807, 2.05) is 7.05 Å². The first-order valence-corrected chi connectivity index (χ1v) is 9.22. The third kappa shape index (κ3) is 4.73. The Hall–Kier alpha value is -1.02. The van der Waals surface area contributed by atoms with Crippen LogP contribution >= 0.6 is 0 Å². The van der Waals surface area contributed by atoms with Crippen LogP contribution in [0, 0.1) is 11.3 Å². The molecule has 0 bridgehead atoms. The molecule has 1 N–H and O–H groups in total. The lowest BCUT2D eigenvalue weighted by molar-refractivity contribution is 0.0288. The molecule has 2 rings (SSSR count). The van der Waals surface area contributed by atoms with Gasteiger partial charge in [0.25, 0.3) is 0 Å². The van der Waals surface area contributed by atoms with E-state index in [0.717, 1.165) is 12.2 Å². The van der Waals surface area contributed by atoms with Crippen LogP contribution in [0.25, 0.3) is 0 Å². The second-order valence-corrected chi connectivity index (χ2v) is 8.70. The summed E-state index contributed by atoms with van der Waals surface area (Å²) in [6, 6.07) is 9.17. The topological polar surface area (TPSA) is 21.3 Å². The van der Waals surface area contributed by atoms with Gasteiger partial charge in [0.2, 0.25) is 0 Å². The highest BCUT2D eigenvalue weighted by Crippen LogP contribution is 2.40. The number of benzene rings is 1. The van der Waals surface area contributed by atoms with Crippen molar-refractivity contribution in [3.8, 4) is 5.75 Å². The van der Waals surface area contributed by atoms with E-state index in [2.05, 4.69) is 64.2 Å². The van der Waals surface area contributed by atoms with E-state index in [1.54, 1.807) is 0 Å². The molecule has 2 heteroatoms. The van der Waals surface area contributed by atoms with Gasteiger partial charge in [0.1, 0.15) is 11.4 Å². The Labute approximate surface area is 143 Å². The van der Waals surface area contributed by atoms with Crippen LogP contribution in [0.1, 0.15) is 78.3 Å². The third-order valence-corrected chi connectivity index (χ3v) is 5.27. The minimum Gasteiger partial charge on any atom is -0.487 e. The summed E-state index contributed by atoms with van der Waals surface area (Å²) < 4.78 is 6.47. The van der Waals surface area contributed by atoms with Gasteiger partial charge in [-0.2, -0.15) is 0 Å². The monoisotopic (exact) mass is 317 g/mol. The summed E-state index contributed by atoms with van der Waals surface area (Å²) >= 11 is 0. The fourth-order valence-corrected chi connectivity index (χ4v) is 3.77. The lowest BCUT2D eigenvalue weighted by Gasteiger charge is -2.34. The van der Waals surface area contributed by atoms with E-state index in [9.17, 15) is 0 Å². The molecule has 23 heavy (non-hydrogen) atoms. The van der Waals surface area contributed by atoms with Gasteiger partial charge in [-0.15, -0.1) is 0 Å². The van der Waals surface area contributed by atoms with E-state index >= 15 is 0 Å². The van der Waals surface area contributed by atoms with Crippen LogP contribution in [0.15, 0.2) is 24.3 Å². The molecule has 130 valence electrons. The molecule has 0 saturated heterocycles. The zero-order valence-electron chi connectivity index (χ0n) is 15.9. The van der Waals surface area contributed by atoms with Crippen LogP contribution in [0.3, 0.4) is 0 Å². The average molecular weight is 318 g/mol. The summed E-state index contributed by atoms with van der Waals surface area (Å²) in [7, 11) is 2.05. The standard InChI is InChI=1S/C21H35NO/c1-16(2)21(13-7-8-14-21)23-18-11-9-17(10-12-18)19(22-6)15-20(3,4)5/h9-12,16,19,22H,7-8,13-15H2,1-6H3. The number of hydrogen-bond donors (Lipinski definition) is 1. The summed E-state index contributed by atoms with van der Waals surface area (Å²) in [6.07, 6.45) is 6.10. The molecule has 1 aliphatic rings. The van der Waals surface area contributed by atoms with E-state index in [1.165, 1.54) is 31.2 Å². The fourth-order valence-electron chi connectivity index (χ4n) is 3.77. The highest BCUT2D eigenvalue weighted by molar-refractivity contribution is 5.30. The molecule has 0 aromatic heterocycles. The molecule has 1 aromatic carbocycles. The molecule has 2 nitrogen and oxygen atoms in total. The van der Waals surface area contributed by atoms with Gasteiger partial charge in [0.05, 0.1) is 0 Å². The second kappa shape index (κ2) is 7.25. The van der Waals surface area contributed by atoms with Crippen molar-refractivity contribution in [1.29, 1.82) is 0 Å². The van der Waals surface area contributed by atoms with Crippen molar-refractivity contribution in [2.24, 2.45) is 11.3 Å². The molecule has 1 saturated carbocycles. The Morgan fingerprint density at radius 3 is 2.09 bits per heavy atom. The van der Waals surface area contributed by atoms with Crippen molar-refractivity contribution in [3.63, 3.8) is 0 Å². The minimum absolute atomic E-state index is 0.0509. The van der Waals surface area contributed by atoms with Gasteiger partial charge in [-0.25, -0.2) is 0 Å². The molecule has 1 fully saturated rings. The van der Waals surface area contributed by atoms with E-state index < -0.39 is 0 Å². The van der Waals surface area contributed by atoms with E-state index in [0.29, 0.717) is 17.4 Å². The van der Waals surface area contributed by atoms with Gasteiger partial charge < -0.3 is 10.1 Å². The number of nitrogens with one attached hydrogen (secondary N) is 1.